The molecule has 0 saturated heterocycles. The highest BCUT2D eigenvalue weighted by molar-refractivity contribution is 5.94. The summed E-state index contributed by atoms with van der Waals surface area (Å²) in [6.07, 6.45) is 3.09. The van der Waals surface area contributed by atoms with Gasteiger partial charge in [0.25, 0.3) is 0 Å². The van der Waals surface area contributed by atoms with Gasteiger partial charge in [-0.25, -0.2) is 0 Å². The summed E-state index contributed by atoms with van der Waals surface area (Å²) in [4.78, 5) is 16.1. The highest BCUT2D eigenvalue weighted by Crippen LogP contribution is 2.09. The second-order valence-corrected chi connectivity index (χ2v) is 4.81. The third-order valence-electron chi connectivity index (χ3n) is 3.09. The van der Waals surface area contributed by atoms with Crippen molar-refractivity contribution in [2.75, 3.05) is 5.32 Å². The quantitative estimate of drug-likeness (QED) is 0.875. The Morgan fingerprint density at radius 3 is 2.75 bits per heavy atom. The molecule has 4 heteroatoms. The van der Waals surface area contributed by atoms with E-state index in [9.17, 15) is 4.79 Å². The lowest BCUT2D eigenvalue weighted by atomic mass is 10.1. The van der Waals surface area contributed by atoms with Crippen LogP contribution in [0.1, 0.15) is 17.7 Å². The summed E-state index contributed by atoms with van der Waals surface area (Å²) in [6, 6.07) is 13.1. The number of hydrogen-bond donors (Lipinski definition) is 2. The SMILES string of the molecule is Cc1cc(NC(=O)[C@@H](N)CCc2ccccc2)ccn1. The fourth-order valence-electron chi connectivity index (χ4n) is 1.96. The first kappa shape index (κ1) is 14.2. The zero-order valence-electron chi connectivity index (χ0n) is 11.5. The zero-order chi connectivity index (χ0) is 14.4. The minimum atomic E-state index is -0.510. The molecule has 3 N–H and O–H groups in total. The number of nitrogens with two attached hydrogens (primary N) is 1. The summed E-state index contributed by atoms with van der Waals surface area (Å²) >= 11 is 0. The molecule has 0 spiro atoms. The first-order valence-corrected chi connectivity index (χ1v) is 6.68. The molecule has 104 valence electrons. The van der Waals surface area contributed by atoms with E-state index < -0.39 is 6.04 Å². The Morgan fingerprint density at radius 1 is 1.30 bits per heavy atom. The molecule has 2 aromatic rings. The van der Waals surface area contributed by atoms with Crippen LogP contribution < -0.4 is 11.1 Å². The van der Waals surface area contributed by atoms with Gasteiger partial charge in [-0.1, -0.05) is 30.3 Å². The molecule has 2 rings (SSSR count). The molecule has 1 amide bonds. The lowest BCUT2D eigenvalue weighted by Gasteiger charge is -2.12. The van der Waals surface area contributed by atoms with Gasteiger partial charge in [0.15, 0.2) is 0 Å². The summed E-state index contributed by atoms with van der Waals surface area (Å²) in [6.45, 7) is 1.88. The molecule has 4 nitrogen and oxygen atoms in total. The normalized spacial score (nSPS) is 11.9. The van der Waals surface area contributed by atoms with E-state index in [1.165, 1.54) is 5.56 Å². The highest BCUT2D eigenvalue weighted by atomic mass is 16.2. The predicted octanol–water partition coefficient (Wildman–Crippen LogP) is 2.29. The molecule has 1 aromatic carbocycles. The fourth-order valence-corrected chi connectivity index (χ4v) is 1.96. The molecule has 0 unspecified atom stereocenters. The van der Waals surface area contributed by atoms with Gasteiger partial charge in [-0.15, -0.1) is 0 Å². The van der Waals surface area contributed by atoms with Gasteiger partial charge in [-0.05, 0) is 37.5 Å². The van der Waals surface area contributed by atoms with E-state index in [-0.39, 0.29) is 5.91 Å². The number of nitrogens with zero attached hydrogens (tertiary/aromatic N) is 1. The molecule has 0 fully saturated rings. The summed E-state index contributed by atoms with van der Waals surface area (Å²) < 4.78 is 0. The number of nitrogens with one attached hydrogen (secondary N) is 1. The van der Waals surface area contributed by atoms with Crippen LogP contribution in [0.5, 0.6) is 0 Å². The Bertz CT molecular complexity index is 569. The van der Waals surface area contributed by atoms with Gasteiger partial charge in [-0.3, -0.25) is 9.78 Å². The third-order valence-corrected chi connectivity index (χ3v) is 3.09. The van der Waals surface area contributed by atoms with Crippen molar-refractivity contribution in [1.82, 2.24) is 4.98 Å². The van der Waals surface area contributed by atoms with Crippen LogP contribution in [0.25, 0.3) is 0 Å². The Morgan fingerprint density at radius 2 is 2.05 bits per heavy atom. The monoisotopic (exact) mass is 269 g/mol. The van der Waals surface area contributed by atoms with E-state index in [1.807, 2.05) is 43.3 Å². The molecular weight excluding hydrogens is 250 g/mol. The maximum atomic E-state index is 12.0. The molecule has 1 atom stereocenters. The maximum absolute atomic E-state index is 12.0. The Labute approximate surface area is 119 Å². The number of hydrogen-bond acceptors (Lipinski definition) is 3. The summed E-state index contributed by atoms with van der Waals surface area (Å²) in [5, 5.41) is 2.81. The zero-order valence-corrected chi connectivity index (χ0v) is 11.5. The first-order chi connectivity index (χ1) is 9.65. The number of pyridine rings is 1. The number of carbonyl (C=O) groups is 1. The van der Waals surface area contributed by atoms with E-state index in [0.717, 1.165) is 17.8 Å². The van der Waals surface area contributed by atoms with Crippen LogP contribution in [0.15, 0.2) is 48.7 Å². The van der Waals surface area contributed by atoms with Crippen LogP contribution in [0.4, 0.5) is 5.69 Å². The second kappa shape index (κ2) is 6.82. The van der Waals surface area contributed by atoms with Crippen LogP contribution in [0, 0.1) is 6.92 Å². The molecule has 0 radical (unpaired) electrons. The van der Waals surface area contributed by atoms with Crippen molar-refractivity contribution in [3.05, 3.63) is 59.9 Å². The summed E-state index contributed by atoms with van der Waals surface area (Å²) in [7, 11) is 0. The number of amides is 1. The lowest BCUT2D eigenvalue weighted by molar-refractivity contribution is -0.117. The Balaban J connectivity index is 1.86. The van der Waals surface area contributed by atoms with Gasteiger partial charge in [0.05, 0.1) is 6.04 Å². The van der Waals surface area contributed by atoms with Crippen LogP contribution in [0.2, 0.25) is 0 Å². The standard InChI is InChI=1S/C16H19N3O/c1-12-11-14(9-10-18-12)19-16(20)15(17)8-7-13-5-3-2-4-6-13/h2-6,9-11,15H,7-8,17H2,1H3,(H,18,19,20)/t15-/m0/s1. The van der Waals surface area contributed by atoms with Gasteiger partial charge in [0.1, 0.15) is 0 Å². The van der Waals surface area contributed by atoms with Crippen molar-refractivity contribution in [3.8, 4) is 0 Å². The molecule has 20 heavy (non-hydrogen) atoms. The van der Waals surface area contributed by atoms with Crippen LogP contribution in [-0.4, -0.2) is 16.9 Å². The third kappa shape index (κ3) is 4.17. The van der Waals surface area contributed by atoms with E-state index in [0.29, 0.717) is 6.42 Å². The highest BCUT2D eigenvalue weighted by Gasteiger charge is 2.13. The van der Waals surface area contributed by atoms with Gasteiger partial charge in [0, 0.05) is 17.6 Å². The lowest BCUT2D eigenvalue weighted by Crippen LogP contribution is -2.36. The van der Waals surface area contributed by atoms with Gasteiger partial charge in [-0.2, -0.15) is 0 Å². The fraction of sp³-hybridized carbons (Fsp3) is 0.250. The maximum Gasteiger partial charge on any atom is 0.241 e. The van der Waals surface area contributed by atoms with E-state index in [1.54, 1.807) is 12.3 Å². The van der Waals surface area contributed by atoms with Crippen molar-refractivity contribution in [2.45, 2.75) is 25.8 Å². The van der Waals surface area contributed by atoms with Crippen molar-refractivity contribution < 1.29 is 4.79 Å². The van der Waals surface area contributed by atoms with Crippen LogP contribution in [0.3, 0.4) is 0 Å². The van der Waals surface area contributed by atoms with Gasteiger partial charge in [0.2, 0.25) is 5.91 Å². The number of anilines is 1. The molecule has 0 aliphatic rings. The Hall–Kier alpha value is -2.20. The van der Waals surface area contributed by atoms with E-state index in [2.05, 4.69) is 10.3 Å². The van der Waals surface area contributed by atoms with Crippen LogP contribution >= 0.6 is 0 Å². The van der Waals surface area contributed by atoms with E-state index >= 15 is 0 Å². The molecule has 0 bridgehead atoms. The minimum absolute atomic E-state index is 0.161. The van der Waals surface area contributed by atoms with Gasteiger partial charge < -0.3 is 11.1 Å². The van der Waals surface area contributed by atoms with Crippen molar-refractivity contribution in [3.63, 3.8) is 0 Å². The number of carbonyl (C=O) groups excluding carboxylic acids is 1. The largest absolute Gasteiger partial charge is 0.325 e. The average molecular weight is 269 g/mol. The molecule has 1 heterocycles. The van der Waals surface area contributed by atoms with Gasteiger partial charge >= 0.3 is 0 Å². The first-order valence-electron chi connectivity index (χ1n) is 6.68. The number of rotatable bonds is 5. The smallest absolute Gasteiger partial charge is 0.241 e. The minimum Gasteiger partial charge on any atom is -0.325 e. The molecular formula is C16H19N3O. The molecule has 0 aliphatic heterocycles. The molecule has 1 aromatic heterocycles. The molecule has 0 aliphatic carbocycles. The number of aryl methyl sites for hydroxylation is 2. The number of benzene rings is 1. The number of aromatic nitrogens is 1. The topological polar surface area (TPSA) is 68.0 Å². The Kier molecular flexibility index (Phi) is 4.85. The summed E-state index contributed by atoms with van der Waals surface area (Å²) in [5.41, 5.74) is 8.71. The summed E-state index contributed by atoms with van der Waals surface area (Å²) in [5.74, 6) is -0.161. The average Bonchev–Trinajstić information content (AvgIpc) is 2.46. The van der Waals surface area contributed by atoms with Crippen molar-refractivity contribution in [2.24, 2.45) is 5.73 Å². The van der Waals surface area contributed by atoms with Crippen LogP contribution in [-0.2, 0) is 11.2 Å². The molecule has 0 saturated carbocycles. The van der Waals surface area contributed by atoms with Crippen molar-refractivity contribution in [1.29, 1.82) is 0 Å². The van der Waals surface area contributed by atoms with E-state index in [4.69, 9.17) is 5.73 Å². The predicted molar refractivity (Wildman–Crippen MR) is 80.3 cm³/mol. The second-order valence-electron chi connectivity index (χ2n) is 4.81. The van der Waals surface area contributed by atoms with Crippen molar-refractivity contribution >= 4 is 11.6 Å².